The van der Waals surface area contributed by atoms with Crippen molar-refractivity contribution in [1.82, 2.24) is 0 Å². The lowest BCUT2D eigenvalue weighted by molar-refractivity contribution is 0.286. The van der Waals surface area contributed by atoms with Gasteiger partial charge in [0.05, 0.1) is 6.26 Å². The van der Waals surface area contributed by atoms with Crippen molar-refractivity contribution < 1.29 is 6.16 Å². The molecule has 1 aliphatic rings. The fourth-order valence-corrected chi connectivity index (χ4v) is 0.346. The zero-order valence-electron chi connectivity index (χ0n) is 4.42. The molecule has 0 saturated carbocycles. The van der Waals surface area contributed by atoms with E-state index < -0.39 is 0 Å². The molecule has 0 aromatic carbocycles. The lowest BCUT2D eigenvalue weighted by Crippen LogP contribution is -1.82. The third-order valence-electron chi connectivity index (χ3n) is 0.614. The molecule has 32 valence electrons. The monoisotopic (exact) mass is 83.0 g/mol. The van der Waals surface area contributed by atoms with E-state index in [9.17, 15) is 0 Å². The minimum absolute atomic E-state index is 0. The number of allylic oxidation sites excluding steroid dienone is 2. The van der Waals surface area contributed by atoms with Gasteiger partial charge in [0.25, 0.3) is 0 Å². The van der Waals surface area contributed by atoms with Crippen LogP contribution >= 0.6 is 0 Å². The van der Waals surface area contributed by atoms with Crippen LogP contribution in [0.4, 0.5) is 0 Å². The summed E-state index contributed by atoms with van der Waals surface area (Å²) in [5, 5.41) is 0. The largest absolute Gasteiger partial charge is 1.00 e. The smallest absolute Gasteiger partial charge is 0.497 e. The average molecular weight is 83.1 g/mol. The van der Waals surface area contributed by atoms with Crippen molar-refractivity contribution in [3.8, 4) is 0 Å². The number of rotatable bonds is 0. The fraction of sp³-hybridized carbons (Fsp3) is 0.200. The summed E-state index contributed by atoms with van der Waals surface area (Å²) in [7, 11) is 0. The Kier molecular flexibility index (Phi) is 0.955. The lowest BCUT2D eigenvalue weighted by Gasteiger charge is -1.94. The molecule has 0 fully saturated rings. The number of ether oxygens (including phenoxy) is 1. The van der Waals surface area contributed by atoms with Crippen LogP contribution < -0.4 is 0 Å². The zero-order chi connectivity index (χ0) is 4.24. The molecule has 0 amide bonds. The molecule has 0 unspecified atom stereocenters. The molecule has 0 spiro atoms. The maximum Gasteiger partial charge on any atom is 1.00 e. The molecule has 1 aliphatic heterocycles. The highest BCUT2D eigenvalue weighted by atomic mass is 16.5. The molecule has 0 radical (unpaired) electrons. The van der Waals surface area contributed by atoms with Crippen molar-refractivity contribution in [2.75, 3.05) is 6.61 Å². The summed E-state index contributed by atoms with van der Waals surface area (Å²) in [6.07, 6.45) is 7.47. The Morgan fingerprint density at radius 3 is 2.67 bits per heavy atom. The van der Waals surface area contributed by atoms with E-state index in [0.29, 0.717) is 0 Å². The molecule has 0 saturated heterocycles. The van der Waals surface area contributed by atoms with Gasteiger partial charge in [-0.1, -0.05) is 6.08 Å². The van der Waals surface area contributed by atoms with Crippen LogP contribution in [0, 0.1) is 0 Å². The standard InChI is InChI=1S/C5H6O/c1-2-4-6-5-3-1/h1-4H,5H2/p+1. The third kappa shape index (κ3) is 0.612. The van der Waals surface area contributed by atoms with Crippen LogP contribution in [0.3, 0.4) is 0 Å². The summed E-state index contributed by atoms with van der Waals surface area (Å²) in [5.74, 6) is 0. The van der Waals surface area contributed by atoms with E-state index in [-0.39, 0.29) is 1.43 Å². The van der Waals surface area contributed by atoms with Crippen LogP contribution in [-0.2, 0) is 4.74 Å². The molecule has 0 aromatic rings. The molecular formula is C5H7O+. The Bertz CT molecular complexity index is 74.1. The van der Waals surface area contributed by atoms with E-state index >= 15 is 0 Å². The molecule has 0 bridgehead atoms. The normalized spacial score (nSPS) is 17.3. The van der Waals surface area contributed by atoms with Gasteiger partial charge in [-0.2, -0.15) is 0 Å². The summed E-state index contributed by atoms with van der Waals surface area (Å²) in [5.41, 5.74) is 0. The van der Waals surface area contributed by atoms with E-state index in [2.05, 4.69) is 0 Å². The van der Waals surface area contributed by atoms with Gasteiger partial charge in [-0.3, -0.25) is 0 Å². The second kappa shape index (κ2) is 1.65. The maximum atomic E-state index is 4.80. The first kappa shape index (κ1) is 3.47. The van der Waals surface area contributed by atoms with Crippen LogP contribution in [-0.4, -0.2) is 6.61 Å². The second-order valence-electron chi connectivity index (χ2n) is 1.09. The van der Waals surface area contributed by atoms with Crippen LogP contribution in [0.1, 0.15) is 1.43 Å². The van der Waals surface area contributed by atoms with E-state index in [4.69, 9.17) is 4.74 Å². The molecule has 0 aromatic heterocycles. The Balaban J connectivity index is 0.000000360. The summed E-state index contributed by atoms with van der Waals surface area (Å²) in [4.78, 5) is 0. The van der Waals surface area contributed by atoms with E-state index in [0.717, 1.165) is 6.61 Å². The summed E-state index contributed by atoms with van der Waals surface area (Å²) in [6, 6.07) is 0. The minimum Gasteiger partial charge on any atom is -0.497 e. The van der Waals surface area contributed by atoms with Crippen LogP contribution in [0.15, 0.2) is 24.5 Å². The first-order chi connectivity index (χ1) is 3.00. The Labute approximate surface area is 38.4 Å². The zero-order valence-corrected chi connectivity index (χ0v) is 3.42. The summed E-state index contributed by atoms with van der Waals surface area (Å²) in [6.45, 7) is 0.733. The molecule has 0 atom stereocenters. The molecule has 1 nitrogen and oxygen atoms in total. The summed E-state index contributed by atoms with van der Waals surface area (Å²) < 4.78 is 4.80. The van der Waals surface area contributed by atoms with Crippen LogP contribution in [0.25, 0.3) is 0 Å². The van der Waals surface area contributed by atoms with E-state index in [1.54, 1.807) is 6.26 Å². The molecule has 1 heteroatoms. The van der Waals surface area contributed by atoms with Gasteiger partial charge in [0, 0.05) is 0 Å². The molecular weight excluding hydrogens is 76.1 g/mol. The van der Waals surface area contributed by atoms with Crippen LogP contribution in [0.2, 0.25) is 0 Å². The number of hydrogen-bond acceptors (Lipinski definition) is 1. The van der Waals surface area contributed by atoms with E-state index in [1.807, 2.05) is 18.2 Å². The lowest BCUT2D eigenvalue weighted by atomic mass is 10.5. The Morgan fingerprint density at radius 1 is 1.50 bits per heavy atom. The van der Waals surface area contributed by atoms with Crippen molar-refractivity contribution in [1.29, 1.82) is 0 Å². The maximum absolute atomic E-state index is 4.80. The van der Waals surface area contributed by atoms with Crippen molar-refractivity contribution in [2.24, 2.45) is 0 Å². The topological polar surface area (TPSA) is 9.23 Å². The van der Waals surface area contributed by atoms with Gasteiger partial charge in [0.15, 0.2) is 0 Å². The molecule has 1 rings (SSSR count). The molecule has 6 heavy (non-hydrogen) atoms. The average Bonchev–Trinajstić information content (AvgIpc) is 1.72. The molecule has 1 heterocycles. The van der Waals surface area contributed by atoms with Crippen LogP contribution in [0.5, 0.6) is 0 Å². The van der Waals surface area contributed by atoms with E-state index in [1.165, 1.54) is 0 Å². The minimum atomic E-state index is 0. The van der Waals surface area contributed by atoms with Gasteiger partial charge < -0.3 is 4.74 Å². The molecule has 0 N–H and O–H groups in total. The van der Waals surface area contributed by atoms with Crippen molar-refractivity contribution in [3.05, 3.63) is 24.5 Å². The van der Waals surface area contributed by atoms with Gasteiger partial charge >= 0.3 is 1.43 Å². The van der Waals surface area contributed by atoms with Gasteiger partial charge in [0.2, 0.25) is 0 Å². The quantitative estimate of drug-likeness (QED) is 0.427. The van der Waals surface area contributed by atoms with Gasteiger partial charge in [-0.25, -0.2) is 0 Å². The molecule has 0 aliphatic carbocycles. The Hall–Kier alpha value is -0.720. The van der Waals surface area contributed by atoms with Crippen molar-refractivity contribution >= 4 is 0 Å². The predicted molar refractivity (Wildman–Crippen MR) is 25.3 cm³/mol. The van der Waals surface area contributed by atoms with Gasteiger partial charge in [0.1, 0.15) is 6.61 Å². The Morgan fingerprint density at radius 2 is 2.50 bits per heavy atom. The third-order valence-corrected chi connectivity index (χ3v) is 0.614. The highest BCUT2D eigenvalue weighted by molar-refractivity contribution is 5.02. The van der Waals surface area contributed by atoms with Gasteiger partial charge in [-0.15, -0.1) is 0 Å². The fourth-order valence-electron chi connectivity index (χ4n) is 0.346. The first-order valence-corrected chi connectivity index (χ1v) is 1.93. The second-order valence-corrected chi connectivity index (χ2v) is 1.09. The van der Waals surface area contributed by atoms with Gasteiger partial charge in [-0.05, 0) is 12.2 Å². The summed E-state index contributed by atoms with van der Waals surface area (Å²) >= 11 is 0. The number of hydrogen-bond donors (Lipinski definition) is 0. The van der Waals surface area contributed by atoms with Crippen molar-refractivity contribution in [3.63, 3.8) is 0 Å². The predicted octanol–water partition coefficient (Wildman–Crippen LogP) is 1.20. The highest BCUT2D eigenvalue weighted by Crippen LogP contribution is 1.87. The SMILES string of the molecule is C1=CCOC=C1.[H+]. The highest BCUT2D eigenvalue weighted by Gasteiger charge is 1.75. The van der Waals surface area contributed by atoms with Crippen molar-refractivity contribution in [2.45, 2.75) is 0 Å². The first-order valence-electron chi connectivity index (χ1n) is 1.93.